The van der Waals surface area contributed by atoms with Gasteiger partial charge in [0, 0.05) is 19.6 Å². The second kappa shape index (κ2) is 7.66. The van der Waals surface area contributed by atoms with Crippen LogP contribution < -0.4 is 11.1 Å². The number of hydrogen-bond acceptors (Lipinski definition) is 2. The molecule has 0 fully saturated rings. The first kappa shape index (κ1) is 8.66. The van der Waals surface area contributed by atoms with Gasteiger partial charge in [-0.3, -0.25) is 0 Å². The van der Waals surface area contributed by atoms with Crippen LogP contribution in [0.3, 0.4) is 0 Å². The molecule has 0 aliphatic rings. The number of nitrogens with one attached hydrogen (secondary N) is 1. The summed E-state index contributed by atoms with van der Waals surface area (Å²) in [6.45, 7) is 4.71. The van der Waals surface area contributed by atoms with Gasteiger partial charge < -0.3 is 11.1 Å². The molecule has 0 amide bonds. The maximum Gasteiger partial charge on any atom is 0.0135 e. The normalized spacial score (nSPS) is 10.9. The van der Waals surface area contributed by atoms with Crippen molar-refractivity contribution in [2.45, 2.75) is 13.3 Å². The van der Waals surface area contributed by atoms with Gasteiger partial charge in [-0.2, -0.15) is 0 Å². The maximum absolute atomic E-state index is 5.26. The van der Waals surface area contributed by atoms with E-state index in [9.17, 15) is 0 Å². The molecule has 0 atom stereocenters. The molecule has 0 saturated carbocycles. The summed E-state index contributed by atoms with van der Waals surface area (Å²) in [7, 11) is 0. The van der Waals surface area contributed by atoms with Gasteiger partial charge in [0.05, 0.1) is 0 Å². The second-order valence-electron chi connectivity index (χ2n) is 1.87. The van der Waals surface area contributed by atoms with Crippen LogP contribution in [-0.2, 0) is 0 Å². The Bertz CT molecular complexity index is 69.3. The van der Waals surface area contributed by atoms with Gasteiger partial charge >= 0.3 is 0 Å². The number of hydrogen-bond donors (Lipinski definition) is 2. The minimum absolute atomic E-state index is 0.722. The summed E-state index contributed by atoms with van der Waals surface area (Å²) in [5.74, 6) is 0. The van der Waals surface area contributed by atoms with E-state index in [0.717, 1.165) is 26.1 Å². The Balaban J connectivity index is 2.82. The lowest BCUT2D eigenvalue weighted by Gasteiger charge is -1.94. The first-order valence-corrected chi connectivity index (χ1v) is 3.47. The van der Waals surface area contributed by atoms with Crippen LogP contribution in [0.4, 0.5) is 0 Å². The van der Waals surface area contributed by atoms with Crippen LogP contribution in [0.1, 0.15) is 13.3 Å². The molecule has 0 aromatic carbocycles. The van der Waals surface area contributed by atoms with Crippen molar-refractivity contribution in [1.82, 2.24) is 5.32 Å². The molecule has 0 radical (unpaired) electrons. The predicted molar refractivity (Wildman–Crippen MR) is 41.4 cm³/mol. The quantitative estimate of drug-likeness (QED) is 0.418. The molecule has 0 unspecified atom stereocenters. The summed E-state index contributed by atoms with van der Waals surface area (Å²) in [5.41, 5.74) is 5.26. The summed E-state index contributed by atoms with van der Waals surface area (Å²) < 4.78 is 0. The predicted octanol–water partition coefficient (Wildman–Crippen LogP) is 0.501. The average Bonchev–Trinajstić information content (AvgIpc) is 1.89. The zero-order chi connectivity index (χ0) is 6.95. The lowest BCUT2D eigenvalue weighted by Crippen LogP contribution is -2.22. The van der Waals surface area contributed by atoms with Crippen LogP contribution in [0.2, 0.25) is 0 Å². The molecule has 0 bridgehead atoms. The zero-order valence-electron chi connectivity index (χ0n) is 6.06. The molecule has 0 spiro atoms. The van der Waals surface area contributed by atoms with E-state index < -0.39 is 0 Å². The third kappa shape index (κ3) is 7.66. The Kier molecular flexibility index (Phi) is 7.37. The van der Waals surface area contributed by atoms with E-state index in [2.05, 4.69) is 24.4 Å². The maximum atomic E-state index is 5.26. The number of allylic oxidation sites excluding steroid dienone is 1. The molecule has 0 heterocycles. The van der Waals surface area contributed by atoms with Crippen molar-refractivity contribution < 1.29 is 0 Å². The Morgan fingerprint density at radius 3 is 2.78 bits per heavy atom. The van der Waals surface area contributed by atoms with Gasteiger partial charge in [0.1, 0.15) is 0 Å². The molecule has 0 aromatic rings. The first-order chi connectivity index (χ1) is 4.41. The topological polar surface area (TPSA) is 38.0 Å². The van der Waals surface area contributed by atoms with Gasteiger partial charge in [-0.25, -0.2) is 0 Å². The summed E-state index contributed by atoms with van der Waals surface area (Å²) >= 11 is 0. The highest BCUT2D eigenvalue weighted by Crippen LogP contribution is 1.75. The van der Waals surface area contributed by atoms with Crippen LogP contribution in [0.15, 0.2) is 12.2 Å². The zero-order valence-corrected chi connectivity index (χ0v) is 6.06. The van der Waals surface area contributed by atoms with E-state index in [-0.39, 0.29) is 0 Å². The molecule has 2 heteroatoms. The molecule has 54 valence electrons. The molecule has 0 aliphatic carbocycles. The Labute approximate surface area is 57.1 Å². The van der Waals surface area contributed by atoms with Gasteiger partial charge in [-0.1, -0.05) is 19.1 Å². The van der Waals surface area contributed by atoms with Crippen molar-refractivity contribution in [1.29, 1.82) is 0 Å². The van der Waals surface area contributed by atoms with Crippen molar-refractivity contribution in [3.05, 3.63) is 12.2 Å². The monoisotopic (exact) mass is 128 g/mol. The summed E-state index contributed by atoms with van der Waals surface area (Å²) in [4.78, 5) is 0. The lowest BCUT2D eigenvalue weighted by molar-refractivity contribution is 0.752. The third-order valence-corrected chi connectivity index (χ3v) is 0.986. The fourth-order valence-corrected chi connectivity index (χ4v) is 0.537. The summed E-state index contributed by atoms with van der Waals surface area (Å²) in [5, 5.41) is 3.16. The number of rotatable bonds is 5. The average molecular weight is 128 g/mol. The Morgan fingerprint density at radius 1 is 1.44 bits per heavy atom. The molecule has 0 saturated heterocycles. The highest BCUT2D eigenvalue weighted by molar-refractivity contribution is 4.82. The first-order valence-electron chi connectivity index (χ1n) is 3.47. The van der Waals surface area contributed by atoms with E-state index in [0.29, 0.717) is 0 Å². The molecule has 0 aliphatic heterocycles. The molecule has 2 nitrogen and oxygen atoms in total. The minimum Gasteiger partial charge on any atom is -0.329 e. The summed E-state index contributed by atoms with van der Waals surface area (Å²) in [6, 6.07) is 0. The highest BCUT2D eigenvalue weighted by atomic mass is 14.9. The van der Waals surface area contributed by atoms with E-state index >= 15 is 0 Å². The third-order valence-electron chi connectivity index (χ3n) is 0.986. The van der Waals surface area contributed by atoms with E-state index in [1.807, 2.05) is 0 Å². The van der Waals surface area contributed by atoms with Crippen molar-refractivity contribution in [3.8, 4) is 0 Å². The second-order valence-corrected chi connectivity index (χ2v) is 1.87. The van der Waals surface area contributed by atoms with E-state index in [1.165, 1.54) is 0 Å². The Morgan fingerprint density at radius 2 is 2.22 bits per heavy atom. The van der Waals surface area contributed by atoms with Crippen molar-refractivity contribution in [2.75, 3.05) is 19.6 Å². The van der Waals surface area contributed by atoms with Crippen LogP contribution in [0.25, 0.3) is 0 Å². The molecular formula is C7H16N2. The lowest BCUT2D eigenvalue weighted by atomic mass is 10.4. The largest absolute Gasteiger partial charge is 0.329 e. The minimum atomic E-state index is 0.722. The van der Waals surface area contributed by atoms with Crippen LogP contribution in [0, 0.1) is 0 Å². The Hall–Kier alpha value is -0.340. The van der Waals surface area contributed by atoms with Gasteiger partial charge in [0.15, 0.2) is 0 Å². The SMILES string of the molecule is CCC=CCNCCN. The fourth-order valence-electron chi connectivity index (χ4n) is 0.537. The number of nitrogens with two attached hydrogens (primary N) is 1. The highest BCUT2D eigenvalue weighted by Gasteiger charge is 1.75. The van der Waals surface area contributed by atoms with Crippen LogP contribution in [-0.4, -0.2) is 19.6 Å². The summed E-state index contributed by atoms with van der Waals surface area (Å²) in [6.07, 6.45) is 5.38. The van der Waals surface area contributed by atoms with Crippen molar-refractivity contribution >= 4 is 0 Å². The van der Waals surface area contributed by atoms with Gasteiger partial charge in [0.25, 0.3) is 0 Å². The molecular weight excluding hydrogens is 112 g/mol. The van der Waals surface area contributed by atoms with Crippen LogP contribution >= 0.6 is 0 Å². The van der Waals surface area contributed by atoms with Crippen LogP contribution in [0.5, 0.6) is 0 Å². The van der Waals surface area contributed by atoms with Crippen molar-refractivity contribution in [3.63, 3.8) is 0 Å². The van der Waals surface area contributed by atoms with Gasteiger partial charge in [-0.15, -0.1) is 0 Å². The van der Waals surface area contributed by atoms with Gasteiger partial charge in [-0.05, 0) is 6.42 Å². The smallest absolute Gasteiger partial charge is 0.0135 e. The standard InChI is InChI=1S/C7H16N2/c1-2-3-4-6-9-7-5-8/h3-4,9H,2,5-8H2,1H3. The fraction of sp³-hybridized carbons (Fsp3) is 0.714. The van der Waals surface area contributed by atoms with E-state index in [1.54, 1.807) is 0 Å². The molecule has 9 heavy (non-hydrogen) atoms. The molecule has 3 N–H and O–H groups in total. The molecule has 0 rings (SSSR count). The van der Waals surface area contributed by atoms with Crippen molar-refractivity contribution in [2.24, 2.45) is 5.73 Å². The van der Waals surface area contributed by atoms with E-state index in [4.69, 9.17) is 5.73 Å². The molecule has 0 aromatic heterocycles. The van der Waals surface area contributed by atoms with Gasteiger partial charge in [0.2, 0.25) is 0 Å².